The van der Waals surface area contributed by atoms with Crippen molar-refractivity contribution in [2.75, 3.05) is 38.1 Å². The Bertz CT molecular complexity index is 769. The molecule has 1 saturated carbocycles. The van der Waals surface area contributed by atoms with Gasteiger partial charge in [0.1, 0.15) is 0 Å². The Balaban J connectivity index is 1.43. The van der Waals surface area contributed by atoms with Crippen LogP contribution in [0.3, 0.4) is 0 Å². The Morgan fingerprint density at radius 1 is 0.968 bits per heavy atom. The molecule has 1 aliphatic carbocycles. The van der Waals surface area contributed by atoms with Gasteiger partial charge < -0.3 is 15.5 Å². The highest BCUT2D eigenvalue weighted by molar-refractivity contribution is 6.35. The second kappa shape index (κ2) is 10.5. The van der Waals surface area contributed by atoms with Gasteiger partial charge >= 0.3 is 11.8 Å². The van der Waals surface area contributed by atoms with Gasteiger partial charge in [-0.25, -0.2) is 0 Å². The lowest BCUT2D eigenvalue weighted by Crippen LogP contribution is -2.47. The SMILES string of the molecule is CN1CCCc2cc([C@@H](CNC(=O)C(=O)NC3CCCCC3)N3CCCCC3)ccc21. The first-order valence-electron chi connectivity index (χ1n) is 12.3. The van der Waals surface area contributed by atoms with Crippen LogP contribution in [0.5, 0.6) is 0 Å². The van der Waals surface area contributed by atoms with E-state index in [-0.39, 0.29) is 12.1 Å². The highest BCUT2D eigenvalue weighted by Gasteiger charge is 2.26. The lowest BCUT2D eigenvalue weighted by Gasteiger charge is -2.36. The molecule has 0 bridgehead atoms. The molecule has 0 spiro atoms. The summed E-state index contributed by atoms with van der Waals surface area (Å²) in [6, 6.07) is 7.05. The van der Waals surface area contributed by atoms with Crippen LogP contribution in [0.15, 0.2) is 18.2 Å². The summed E-state index contributed by atoms with van der Waals surface area (Å²) in [7, 11) is 2.16. The first-order chi connectivity index (χ1) is 15.1. The van der Waals surface area contributed by atoms with E-state index in [0.29, 0.717) is 6.54 Å². The quantitative estimate of drug-likeness (QED) is 0.710. The number of rotatable bonds is 5. The van der Waals surface area contributed by atoms with E-state index in [4.69, 9.17) is 0 Å². The van der Waals surface area contributed by atoms with Gasteiger partial charge in [-0.1, -0.05) is 37.8 Å². The molecule has 2 fully saturated rings. The zero-order valence-corrected chi connectivity index (χ0v) is 19.0. The van der Waals surface area contributed by atoms with Crippen LogP contribution in [0.2, 0.25) is 0 Å². The third-order valence-corrected chi connectivity index (χ3v) is 7.27. The van der Waals surface area contributed by atoms with Gasteiger partial charge in [0.2, 0.25) is 0 Å². The Morgan fingerprint density at radius 2 is 1.71 bits per heavy atom. The lowest BCUT2D eigenvalue weighted by molar-refractivity contribution is -0.139. The molecular weight excluding hydrogens is 388 g/mol. The fourth-order valence-electron chi connectivity index (χ4n) is 5.47. The summed E-state index contributed by atoms with van der Waals surface area (Å²) < 4.78 is 0. The Hall–Kier alpha value is -2.08. The van der Waals surface area contributed by atoms with Crippen LogP contribution < -0.4 is 15.5 Å². The van der Waals surface area contributed by atoms with Crippen molar-refractivity contribution in [1.29, 1.82) is 0 Å². The summed E-state index contributed by atoms with van der Waals surface area (Å²) in [5, 5.41) is 5.89. The third-order valence-electron chi connectivity index (χ3n) is 7.27. The van der Waals surface area contributed by atoms with Crippen molar-refractivity contribution < 1.29 is 9.59 Å². The molecule has 170 valence electrons. The van der Waals surface area contributed by atoms with Crippen molar-refractivity contribution >= 4 is 17.5 Å². The van der Waals surface area contributed by atoms with Gasteiger partial charge in [-0.15, -0.1) is 0 Å². The molecule has 3 aliphatic rings. The van der Waals surface area contributed by atoms with Crippen LogP contribution in [0.25, 0.3) is 0 Å². The third kappa shape index (κ3) is 5.59. The number of piperidine rings is 1. The number of aryl methyl sites for hydroxylation is 1. The number of hydrogen-bond donors (Lipinski definition) is 2. The first kappa shape index (κ1) is 22.1. The van der Waals surface area contributed by atoms with Gasteiger partial charge in [-0.05, 0) is 68.8 Å². The maximum Gasteiger partial charge on any atom is 0.309 e. The Kier molecular flexibility index (Phi) is 7.49. The largest absolute Gasteiger partial charge is 0.374 e. The molecule has 2 amide bonds. The number of likely N-dealkylation sites (tertiary alicyclic amines) is 1. The van der Waals surface area contributed by atoms with Crippen LogP contribution in [-0.2, 0) is 16.0 Å². The molecule has 1 aromatic carbocycles. The number of nitrogens with zero attached hydrogens (tertiary/aromatic N) is 2. The number of nitrogens with one attached hydrogen (secondary N) is 2. The summed E-state index contributed by atoms with van der Waals surface area (Å²) in [6.07, 6.45) is 11.4. The Labute approximate surface area is 186 Å². The number of fused-ring (bicyclic) bond motifs is 1. The van der Waals surface area contributed by atoms with Gasteiger partial charge in [-0.3, -0.25) is 14.5 Å². The highest BCUT2D eigenvalue weighted by atomic mass is 16.2. The number of amides is 2. The van der Waals surface area contributed by atoms with Crippen molar-refractivity contribution in [3.05, 3.63) is 29.3 Å². The fraction of sp³-hybridized carbons (Fsp3) is 0.680. The van der Waals surface area contributed by atoms with E-state index in [1.54, 1.807) is 0 Å². The van der Waals surface area contributed by atoms with E-state index in [2.05, 4.69) is 45.7 Å². The molecule has 1 atom stereocenters. The molecule has 6 nitrogen and oxygen atoms in total. The normalized spacial score (nSPS) is 21.3. The predicted molar refractivity (Wildman–Crippen MR) is 124 cm³/mol. The monoisotopic (exact) mass is 426 g/mol. The van der Waals surface area contributed by atoms with Gasteiger partial charge in [0.25, 0.3) is 0 Å². The smallest absolute Gasteiger partial charge is 0.309 e. The minimum absolute atomic E-state index is 0.115. The van der Waals surface area contributed by atoms with Gasteiger partial charge in [0, 0.05) is 31.9 Å². The maximum atomic E-state index is 12.6. The van der Waals surface area contributed by atoms with Crippen LogP contribution in [0.4, 0.5) is 5.69 Å². The van der Waals surface area contributed by atoms with Gasteiger partial charge in [0.05, 0.1) is 6.04 Å². The van der Waals surface area contributed by atoms with Crippen molar-refractivity contribution in [2.45, 2.75) is 76.3 Å². The van der Waals surface area contributed by atoms with Crippen molar-refractivity contribution in [2.24, 2.45) is 0 Å². The maximum absolute atomic E-state index is 12.6. The molecule has 4 rings (SSSR count). The predicted octanol–water partition coefficient (Wildman–Crippen LogP) is 3.16. The van der Waals surface area contributed by atoms with Crippen LogP contribution in [0.1, 0.15) is 75.0 Å². The molecule has 6 heteroatoms. The molecule has 2 heterocycles. The molecule has 1 saturated heterocycles. The Morgan fingerprint density at radius 3 is 2.48 bits per heavy atom. The number of carbonyl (C=O) groups is 2. The van der Waals surface area contributed by atoms with Crippen molar-refractivity contribution in [1.82, 2.24) is 15.5 Å². The molecule has 2 aliphatic heterocycles. The summed E-state index contributed by atoms with van der Waals surface area (Å²) in [5.74, 6) is -0.971. The molecule has 2 N–H and O–H groups in total. The van der Waals surface area contributed by atoms with Crippen LogP contribution in [-0.4, -0.2) is 56.0 Å². The van der Waals surface area contributed by atoms with E-state index >= 15 is 0 Å². The molecule has 1 aromatic rings. The first-order valence-corrected chi connectivity index (χ1v) is 12.3. The second-order valence-electron chi connectivity index (χ2n) is 9.54. The van der Waals surface area contributed by atoms with Crippen molar-refractivity contribution in [3.8, 4) is 0 Å². The summed E-state index contributed by atoms with van der Waals surface area (Å²) in [6.45, 7) is 3.68. The summed E-state index contributed by atoms with van der Waals surface area (Å²) in [4.78, 5) is 29.8. The van der Waals surface area contributed by atoms with Crippen LogP contribution >= 0.6 is 0 Å². The van der Waals surface area contributed by atoms with E-state index < -0.39 is 11.8 Å². The van der Waals surface area contributed by atoms with E-state index in [1.165, 1.54) is 48.9 Å². The molecule has 0 radical (unpaired) electrons. The van der Waals surface area contributed by atoms with E-state index in [1.807, 2.05) is 0 Å². The number of benzene rings is 1. The van der Waals surface area contributed by atoms with Crippen molar-refractivity contribution in [3.63, 3.8) is 0 Å². The molecule has 0 unspecified atom stereocenters. The number of carbonyl (C=O) groups excluding carboxylic acids is 2. The van der Waals surface area contributed by atoms with E-state index in [0.717, 1.165) is 51.7 Å². The van der Waals surface area contributed by atoms with Gasteiger partial charge in [-0.2, -0.15) is 0 Å². The minimum atomic E-state index is -0.495. The molecule has 31 heavy (non-hydrogen) atoms. The molecular formula is C25H38N4O2. The highest BCUT2D eigenvalue weighted by Crippen LogP contribution is 2.31. The minimum Gasteiger partial charge on any atom is -0.374 e. The zero-order chi connectivity index (χ0) is 21.6. The zero-order valence-electron chi connectivity index (χ0n) is 19.0. The van der Waals surface area contributed by atoms with E-state index in [9.17, 15) is 9.59 Å². The summed E-state index contributed by atoms with van der Waals surface area (Å²) in [5.41, 5.74) is 3.97. The van der Waals surface area contributed by atoms with Gasteiger partial charge in [0.15, 0.2) is 0 Å². The topological polar surface area (TPSA) is 64.7 Å². The number of hydrogen-bond acceptors (Lipinski definition) is 4. The van der Waals surface area contributed by atoms with Crippen LogP contribution in [0, 0.1) is 0 Å². The standard InChI is InChI=1S/C25H38N4O2/c1-28-14-8-9-19-17-20(12-13-22(19)28)23(29-15-6-3-7-16-29)18-26-24(30)25(31)27-21-10-4-2-5-11-21/h12-13,17,21,23H,2-11,14-16,18H2,1H3,(H,26,30)(H,27,31)/t23-/m1/s1. The number of anilines is 1. The second-order valence-corrected chi connectivity index (χ2v) is 9.54. The average Bonchev–Trinajstić information content (AvgIpc) is 2.80. The summed E-state index contributed by atoms with van der Waals surface area (Å²) >= 11 is 0. The lowest BCUT2D eigenvalue weighted by atomic mass is 9.95. The fourth-order valence-corrected chi connectivity index (χ4v) is 5.47. The average molecular weight is 427 g/mol. The molecule has 0 aromatic heterocycles.